The fraction of sp³-hybridized carbons (Fsp3) is 0.905. The largest absolute Gasteiger partial charge is 0.479 e. The van der Waals surface area contributed by atoms with Gasteiger partial charge in [-0.25, -0.2) is 4.79 Å². The molecule has 2 fully saturated rings. The summed E-state index contributed by atoms with van der Waals surface area (Å²) < 4.78 is 22.6. The number of aliphatic hydroxyl groups excluding tert-OH is 4. The summed E-state index contributed by atoms with van der Waals surface area (Å²) in [4.78, 5) is 23.7. The quantitative estimate of drug-likeness (QED) is 0.223. The SMILES string of the molecule is CC[C@H](C)C1OC(CO)C(O)C(OC2OC(C(=O)O)C(OC(C)C)C(O)C2O)C1NC(C)=O. The van der Waals surface area contributed by atoms with E-state index in [9.17, 15) is 35.1 Å². The van der Waals surface area contributed by atoms with Gasteiger partial charge in [-0.3, -0.25) is 4.79 Å². The molecule has 33 heavy (non-hydrogen) atoms. The Kier molecular flexibility index (Phi) is 10.0. The maximum absolute atomic E-state index is 11.9. The number of ether oxygens (including phenoxy) is 4. The molecule has 12 heteroatoms. The normalized spacial score (nSPS) is 40.4. The van der Waals surface area contributed by atoms with Gasteiger partial charge in [0, 0.05) is 6.92 Å². The number of carboxylic acid groups (broad SMARTS) is 1. The number of aliphatic carboxylic acids is 1. The van der Waals surface area contributed by atoms with Crippen LogP contribution >= 0.6 is 0 Å². The average molecular weight is 480 g/mol. The predicted octanol–water partition coefficient (Wildman–Crippen LogP) is -1.63. The van der Waals surface area contributed by atoms with E-state index in [2.05, 4.69) is 5.32 Å². The molecule has 0 saturated carbocycles. The molecule has 6 N–H and O–H groups in total. The minimum absolute atomic E-state index is 0.118. The van der Waals surface area contributed by atoms with Crippen molar-refractivity contribution in [1.29, 1.82) is 0 Å². The number of carbonyl (C=O) groups excluding carboxylic acids is 1. The van der Waals surface area contributed by atoms with Crippen LogP contribution in [0.2, 0.25) is 0 Å². The van der Waals surface area contributed by atoms with Crippen LogP contribution in [-0.2, 0) is 28.5 Å². The van der Waals surface area contributed by atoms with Crippen LogP contribution in [0, 0.1) is 5.92 Å². The first-order valence-electron chi connectivity index (χ1n) is 11.2. The molecule has 2 rings (SSSR count). The molecule has 10 unspecified atom stereocenters. The predicted molar refractivity (Wildman–Crippen MR) is 112 cm³/mol. The number of rotatable bonds is 9. The van der Waals surface area contributed by atoms with Gasteiger partial charge in [0.2, 0.25) is 5.91 Å². The van der Waals surface area contributed by atoms with Gasteiger partial charge in [0.15, 0.2) is 12.4 Å². The number of aliphatic hydroxyl groups is 4. The molecule has 0 bridgehead atoms. The van der Waals surface area contributed by atoms with E-state index in [0.717, 1.165) is 0 Å². The van der Waals surface area contributed by atoms with Crippen LogP contribution in [0.5, 0.6) is 0 Å². The van der Waals surface area contributed by atoms with Crippen molar-refractivity contribution in [2.45, 2.75) is 108 Å². The highest BCUT2D eigenvalue weighted by Gasteiger charge is 2.53. The molecule has 0 aromatic carbocycles. The number of carboxylic acids is 1. The second-order valence-corrected chi connectivity index (χ2v) is 8.92. The summed E-state index contributed by atoms with van der Waals surface area (Å²) in [6.45, 7) is 7.79. The second-order valence-electron chi connectivity index (χ2n) is 8.92. The van der Waals surface area contributed by atoms with Crippen LogP contribution in [0.3, 0.4) is 0 Å². The minimum Gasteiger partial charge on any atom is -0.479 e. The fourth-order valence-corrected chi connectivity index (χ4v) is 4.18. The zero-order valence-electron chi connectivity index (χ0n) is 19.5. The van der Waals surface area contributed by atoms with Gasteiger partial charge < -0.3 is 49.8 Å². The van der Waals surface area contributed by atoms with Crippen molar-refractivity contribution in [1.82, 2.24) is 5.32 Å². The Morgan fingerprint density at radius 2 is 1.67 bits per heavy atom. The molecule has 12 nitrogen and oxygen atoms in total. The van der Waals surface area contributed by atoms with Gasteiger partial charge in [0.1, 0.15) is 36.6 Å². The van der Waals surface area contributed by atoms with Crippen LogP contribution in [0.1, 0.15) is 41.0 Å². The Hall–Kier alpha value is -1.38. The van der Waals surface area contributed by atoms with Gasteiger partial charge in [0.05, 0.1) is 24.9 Å². The van der Waals surface area contributed by atoms with Crippen molar-refractivity contribution in [2.75, 3.05) is 6.61 Å². The molecule has 0 aromatic heterocycles. The molecular formula is C21H37NO11. The van der Waals surface area contributed by atoms with Crippen LogP contribution in [0.25, 0.3) is 0 Å². The summed E-state index contributed by atoms with van der Waals surface area (Å²) in [5, 5.41) is 54.0. The molecule has 11 atom stereocenters. The molecule has 2 saturated heterocycles. The summed E-state index contributed by atoms with van der Waals surface area (Å²) in [6, 6.07) is -0.906. The lowest BCUT2D eigenvalue weighted by molar-refractivity contribution is -0.333. The molecule has 2 aliphatic rings. The number of hydrogen-bond acceptors (Lipinski definition) is 10. The van der Waals surface area contributed by atoms with E-state index in [1.807, 2.05) is 13.8 Å². The standard InChI is InChI=1S/C21H37NO11/c1-6-9(4)16-12(22-10(5)24)17(13(25)11(7-23)31-16)32-21-15(27)14(26)18(30-8(2)3)19(33-21)20(28)29/h8-9,11-19,21,23,25-27H,6-7H2,1-5H3,(H,22,24)(H,28,29)/t9-,11?,12?,13?,14?,15?,16?,17?,18?,19?,21?/m0/s1. The van der Waals surface area contributed by atoms with Gasteiger partial charge in [-0.1, -0.05) is 20.3 Å². The minimum atomic E-state index is -1.72. The van der Waals surface area contributed by atoms with Gasteiger partial charge in [-0.2, -0.15) is 0 Å². The zero-order chi connectivity index (χ0) is 25.0. The summed E-state index contributed by atoms with van der Waals surface area (Å²) in [5.74, 6) is -1.98. The number of carbonyl (C=O) groups is 2. The van der Waals surface area contributed by atoms with Crippen LogP contribution in [-0.4, -0.2) is 111 Å². The third kappa shape index (κ3) is 6.40. The second kappa shape index (κ2) is 11.8. The number of amides is 1. The highest BCUT2D eigenvalue weighted by Crippen LogP contribution is 2.33. The maximum atomic E-state index is 11.9. The van der Waals surface area contributed by atoms with Crippen molar-refractivity contribution in [3.05, 3.63) is 0 Å². The molecule has 0 aromatic rings. The molecule has 2 heterocycles. The van der Waals surface area contributed by atoms with E-state index < -0.39 is 85.8 Å². The van der Waals surface area contributed by atoms with Crippen molar-refractivity contribution >= 4 is 11.9 Å². The first-order chi connectivity index (χ1) is 15.4. The van der Waals surface area contributed by atoms with E-state index in [1.54, 1.807) is 13.8 Å². The van der Waals surface area contributed by atoms with Gasteiger partial charge in [-0.05, 0) is 19.8 Å². The Morgan fingerprint density at radius 3 is 2.15 bits per heavy atom. The Balaban J connectivity index is 2.36. The van der Waals surface area contributed by atoms with E-state index in [1.165, 1.54) is 6.92 Å². The zero-order valence-corrected chi connectivity index (χ0v) is 19.5. The van der Waals surface area contributed by atoms with Crippen molar-refractivity contribution in [2.24, 2.45) is 5.92 Å². The number of nitrogens with one attached hydrogen (secondary N) is 1. The lowest BCUT2D eigenvalue weighted by Crippen LogP contribution is -2.68. The summed E-state index contributed by atoms with van der Waals surface area (Å²) in [7, 11) is 0. The van der Waals surface area contributed by atoms with E-state index in [4.69, 9.17) is 18.9 Å². The number of hydrogen-bond donors (Lipinski definition) is 6. The smallest absolute Gasteiger partial charge is 0.335 e. The molecule has 0 radical (unpaired) electrons. The van der Waals surface area contributed by atoms with Gasteiger partial charge >= 0.3 is 5.97 Å². The van der Waals surface area contributed by atoms with Gasteiger partial charge in [-0.15, -0.1) is 0 Å². The Bertz CT molecular complexity index is 662. The maximum Gasteiger partial charge on any atom is 0.335 e. The van der Waals surface area contributed by atoms with Gasteiger partial charge in [0.25, 0.3) is 0 Å². The molecule has 192 valence electrons. The van der Waals surface area contributed by atoms with Crippen LogP contribution in [0.15, 0.2) is 0 Å². The topological polar surface area (TPSA) is 184 Å². The van der Waals surface area contributed by atoms with Crippen molar-refractivity contribution in [3.8, 4) is 0 Å². The highest BCUT2D eigenvalue weighted by molar-refractivity contribution is 5.74. The molecule has 2 aliphatic heterocycles. The monoisotopic (exact) mass is 479 g/mol. The Morgan fingerprint density at radius 1 is 1.03 bits per heavy atom. The fourth-order valence-electron chi connectivity index (χ4n) is 4.18. The third-order valence-electron chi connectivity index (χ3n) is 6.02. The third-order valence-corrected chi connectivity index (χ3v) is 6.02. The molecule has 0 aliphatic carbocycles. The van der Waals surface area contributed by atoms with Crippen LogP contribution in [0.4, 0.5) is 0 Å². The Labute approximate surface area is 192 Å². The average Bonchev–Trinajstić information content (AvgIpc) is 2.74. The van der Waals surface area contributed by atoms with E-state index in [0.29, 0.717) is 6.42 Å². The summed E-state index contributed by atoms with van der Waals surface area (Å²) in [5.41, 5.74) is 0. The first kappa shape index (κ1) is 27.9. The highest BCUT2D eigenvalue weighted by atomic mass is 16.7. The van der Waals surface area contributed by atoms with Crippen LogP contribution < -0.4 is 5.32 Å². The summed E-state index contributed by atoms with van der Waals surface area (Å²) in [6.07, 6.45) is -12.3. The van der Waals surface area contributed by atoms with E-state index in [-0.39, 0.29) is 5.92 Å². The summed E-state index contributed by atoms with van der Waals surface area (Å²) >= 11 is 0. The lowest BCUT2D eigenvalue weighted by atomic mass is 9.85. The molecule has 1 amide bonds. The van der Waals surface area contributed by atoms with Crippen molar-refractivity contribution in [3.63, 3.8) is 0 Å². The molecular weight excluding hydrogens is 442 g/mol. The van der Waals surface area contributed by atoms with E-state index >= 15 is 0 Å². The first-order valence-corrected chi connectivity index (χ1v) is 11.2. The van der Waals surface area contributed by atoms with Crippen molar-refractivity contribution < 1.29 is 54.1 Å². The lowest BCUT2D eigenvalue weighted by Gasteiger charge is -2.49. The molecule has 0 spiro atoms.